The molecule has 0 fully saturated rings. The van der Waals surface area contributed by atoms with Gasteiger partial charge in [0.05, 0.1) is 17.2 Å². The smallest absolute Gasteiger partial charge is 0.259 e. The molecule has 0 aliphatic carbocycles. The average molecular weight is 435 g/mol. The Kier molecular flexibility index (Phi) is 4.57. The number of hydrogen-bond acceptors (Lipinski definition) is 5. The highest BCUT2D eigenvalue weighted by Crippen LogP contribution is 2.36. The fourth-order valence-corrected chi connectivity index (χ4v) is 4.55. The molecule has 0 saturated heterocycles. The van der Waals surface area contributed by atoms with Gasteiger partial charge in [-0.3, -0.25) is 4.79 Å². The highest BCUT2D eigenvalue weighted by atomic mass is 16.5. The van der Waals surface area contributed by atoms with E-state index < -0.39 is 0 Å². The minimum atomic E-state index is -0.0969. The third-order valence-electron chi connectivity index (χ3n) is 6.10. The highest BCUT2D eigenvalue weighted by molar-refractivity contribution is 6.16. The van der Waals surface area contributed by atoms with Gasteiger partial charge in [-0.25, -0.2) is 4.98 Å². The van der Waals surface area contributed by atoms with E-state index in [9.17, 15) is 4.79 Å². The number of aromatic nitrogens is 2. The second-order valence-electron chi connectivity index (χ2n) is 8.30. The number of rotatable bonds is 3. The van der Waals surface area contributed by atoms with E-state index in [1.54, 1.807) is 18.4 Å². The zero-order valence-electron chi connectivity index (χ0n) is 18.1. The minimum Gasteiger partial charge on any atom is -0.463 e. The SMILES string of the molecule is Cc1ccc2c(c1)CCCN2C(=O)c1cc(-c2ccco2)nc2onc(-c3ccccc3)c12. The molecule has 0 saturated carbocycles. The van der Waals surface area contributed by atoms with Crippen molar-refractivity contribution in [3.05, 3.63) is 89.7 Å². The lowest BCUT2D eigenvalue weighted by Gasteiger charge is -2.30. The van der Waals surface area contributed by atoms with Crippen LogP contribution in [0.4, 0.5) is 5.69 Å². The van der Waals surface area contributed by atoms with Gasteiger partial charge in [0.1, 0.15) is 11.4 Å². The summed E-state index contributed by atoms with van der Waals surface area (Å²) >= 11 is 0. The van der Waals surface area contributed by atoms with E-state index in [0.29, 0.717) is 40.4 Å². The number of amides is 1. The first-order chi connectivity index (χ1) is 16.2. The van der Waals surface area contributed by atoms with Crippen molar-refractivity contribution >= 4 is 22.7 Å². The first-order valence-electron chi connectivity index (χ1n) is 11.0. The predicted molar refractivity (Wildman–Crippen MR) is 126 cm³/mol. The van der Waals surface area contributed by atoms with Crippen LogP contribution in [-0.2, 0) is 6.42 Å². The molecule has 5 aromatic rings. The topological polar surface area (TPSA) is 72.4 Å². The molecule has 6 nitrogen and oxygen atoms in total. The van der Waals surface area contributed by atoms with Gasteiger partial charge in [0.2, 0.25) is 0 Å². The molecule has 33 heavy (non-hydrogen) atoms. The van der Waals surface area contributed by atoms with Gasteiger partial charge in [0.25, 0.3) is 11.6 Å². The monoisotopic (exact) mass is 435 g/mol. The zero-order valence-corrected chi connectivity index (χ0v) is 18.1. The van der Waals surface area contributed by atoms with E-state index in [1.807, 2.05) is 47.4 Å². The molecule has 162 valence electrons. The number of anilines is 1. The van der Waals surface area contributed by atoms with Crippen LogP contribution >= 0.6 is 0 Å². The Balaban J connectivity index is 1.56. The lowest BCUT2D eigenvalue weighted by molar-refractivity contribution is 0.0986. The van der Waals surface area contributed by atoms with Crippen LogP contribution in [0.5, 0.6) is 0 Å². The van der Waals surface area contributed by atoms with Crippen LogP contribution in [-0.4, -0.2) is 22.6 Å². The molecule has 0 atom stereocenters. The number of benzene rings is 2. The third kappa shape index (κ3) is 3.31. The summed E-state index contributed by atoms with van der Waals surface area (Å²) in [6, 6.07) is 21.4. The fraction of sp³-hybridized carbons (Fsp3) is 0.148. The first kappa shape index (κ1) is 19.5. The van der Waals surface area contributed by atoms with Crippen LogP contribution in [0.2, 0.25) is 0 Å². The number of carbonyl (C=O) groups is 1. The van der Waals surface area contributed by atoms with Crippen molar-refractivity contribution in [1.82, 2.24) is 10.1 Å². The van der Waals surface area contributed by atoms with Gasteiger partial charge in [0.15, 0.2) is 5.76 Å². The summed E-state index contributed by atoms with van der Waals surface area (Å²) in [5.41, 5.74) is 6.17. The molecule has 0 N–H and O–H groups in total. The molecule has 2 aromatic carbocycles. The summed E-state index contributed by atoms with van der Waals surface area (Å²) in [6.45, 7) is 2.73. The second-order valence-corrected chi connectivity index (χ2v) is 8.30. The molecule has 1 aliphatic heterocycles. The number of fused-ring (bicyclic) bond motifs is 2. The zero-order chi connectivity index (χ0) is 22.4. The van der Waals surface area contributed by atoms with Gasteiger partial charge in [-0.2, -0.15) is 0 Å². The molecule has 1 amide bonds. The Bertz CT molecular complexity index is 1470. The Labute approximate surface area is 190 Å². The molecule has 0 unspecified atom stereocenters. The van der Waals surface area contributed by atoms with Crippen molar-refractivity contribution in [1.29, 1.82) is 0 Å². The minimum absolute atomic E-state index is 0.0969. The Morgan fingerprint density at radius 3 is 2.73 bits per heavy atom. The van der Waals surface area contributed by atoms with E-state index in [0.717, 1.165) is 24.1 Å². The molecule has 4 heterocycles. The maximum atomic E-state index is 14.1. The predicted octanol–water partition coefficient (Wildman–Crippen LogP) is 6.05. The molecule has 6 rings (SSSR count). The average Bonchev–Trinajstić information content (AvgIpc) is 3.53. The van der Waals surface area contributed by atoms with Crippen molar-refractivity contribution in [2.24, 2.45) is 0 Å². The molecular weight excluding hydrogens is 414 g/mol. The van der Waals surface area contributed by atoms with Crippen LogP contribution in [0.1, 0.15) is 27.9 Å². The summed E-state index contributed by atoms with van der Waals surface area (Å²) < 4.78 is 11.2. The van der Waals surface area contributed by atoms with Crippen molar-refractivity contribution in [3.63, 3.8) is 0 Å². The van der Waals surface area contributed by atoms with E-state index in [1.165, 1.54) is 11.1 Å². The van der Waals surface area contributed by atoms with Crippen molar-refractivity contribution in [2.45, 2.75) is 19.8 Å². The fourth-order valence-electron chi connectivity index (χ4n) is 4.55. The lowest BCUT2D eigenvalue weighted by atomic mass is 9.97. The highest BCUT2D eigenvalue weighted by Gasteiger charge is 2.29. The Hall–Kier alpha value is -4.19. The Morgan fingerprint density at radius 1 is 1.03 bits per heavy atom. The van der Waals surface area contributed by atoms with E-state index in [-0.39, 0.29) is 5.91 Å². The quantitative estimate of drug-likeness (QED) is 0.345. The van der Waals surface area contributed by atoms with Gasteiger partial charge in [-0.05, 0) is 49.6 Å². The van der Waals surface area contributed by atoms with Crippen molar-refractivity contribution < 1.29 is 13.7 Å². The number of hydrogen-bond donors (Lipinski definition) is 0. The van der Waals surface area contributed by atoms with Gasteiger partial charge in [0, 0.05) is 17.8 Å². The third-order valence-corrected chi connectivity index (χ3v) is 6.10. The normalized spacial score (nSPS) is 13.3. The van der Waals surface area contributed by atoms with Crippen LogP contribution in [0, 0.1) is 6.92 Å². The molecular formula is C27H21N3O3. The number of aryl methyl sites for hydroxylation is 2. The maximum absolute atomic E-state index is 14.1. The molecule has 3 aromatic heterocycles. The number of furan rings is 1. The lowest BCUT2D eigenvalue weighted by Crippen LogP contribution is -2.35. The number of nitrogens with zero attached hydrogens (tertiary/aromatic N) is 3. The second kappa shape index (κ2) is 7.74. The summed E-state index contributed by atoms with van der Waals surface area (Å²) in [4.78, 5) is 20.5. The molecule has 1 aliphatic rings. The van der Waals surface area contributed by atoms with Crippen LogP contribution in [0.3, 0.4) is 0 Å². The first-order valence-corrected chi connectivity index (χ1v) is 11.0. The van der Waals surface area contributed by atoms with Gasteiger partial charge in [-0.1, -0.05) is 53.2 Å². The summed E-state index contributed by atoms with van der Waals surface area (Å²) in [5.74, 6) is 0.471. The standard InChI is InChI=1S/C27H21N3O3/c1-17-11-12-22-19(15-17)9-5-13-30(22)27(31)20-16-21(23-10-6-14-32-23)28-26-24(20)25(29-33-26)18-7-3-2-4-8-18/h2-4,6-8,10-12,14-16H,5,9,13H2,1H3. The molecule has 0 spiro atoms. The number of pyridine rings is 1. The summed E-state index contributed by atoms with van der Waals surface area (Å²) in [5, 5.41) is 4.91. The maximum Gasteiger partial charge on any atom is 0.259 e. The summed E-state index contributed by atoms with van der Waals surface area (Å²) in [6.07, 6.45) is 3.46. The van der Waals surface area contributed by atoms with E-state index in [2.05, 4.69) is 29.2 Å². The Morgan fingerprint density at radius 2 is 1.91 bits per heavy atom. The largest absolute Gasteiger partial charge is 0.463 e. The van der Waals surface area contributed by atoms with E-state index in [4.69, 9.17) is 8.94 Å². The van der Waals surface area contributed by atoms with E-state index >= 15 is 0 Å². The molecule has 0 bridgehead atoms. The van der Waals surface area contributed by atoms with Crippen LogP contribution < -0.4 is 4.90 Å². The van der Waals surface area contributed by atoms with Gasteiger partial charge in [-0.15, -0.1) is 0 Å². The van der Waals surface area contributed by atoms with Crippen molar-refractivity contribution in [3.8, 4) is 22.7 Å². The summed E-state index contributed by atoms with van der Waals surface area (Å²) in [7, 11) is 0. The molecule has 6 heteroatoms. The van der Waals surface area contributed by atoms with Gasteiger partial charge >= 0.3 is 0 Å². The van der Waals surface area contributed by atoms with Crippen molar-refractivity contribution in [2.75, 3.05) is 11.4 Å². The molecule has 0 radical (unpaired) electrons. The van der Waals surface area contributed by atoms with Crippen LogP contribution in [0.15, 0.2) is 81.9 Å². The number of carbonyl (C=O) groups excluding carboxylic acids is 1. The van der Waals surface area contributed by atoms with Gasteiger partial charge < -0.3 is 13.8 Å². The van der Waals surface area contributed by atoms with Crippen LogP contribution in [0.25, 0.3) is 33.8 Å².